The second kappa shape index (κ2) is 9.56. The van der Waals surface area contributed by atoms with Crippen molar-refractivity contribution in [2.45, 2.75) is 58.7 Å². The summed E-state index contributed by atoms with van der Waals surface area (Å²) in [6.07, 6.45) is 5.10. The van der Waals surface area contributed by atoms with Gasteiger partial charge in [0.15, 0.2) is 5.96 Å². The molecule has 0 heterocycles. The van der Waals surface area contributed by atoms with Gasteiger partial charge in [-0.2, -0.15) is 0 Å². The number of guanidine groups is 1. The van der Waals surface area contributed by atoms with Crippen molar-refractivity contribution in [2.75, 3.05) is 13.7 Å². The average molecular weight is 317 g/mol. The summed E-state index contributed by atoms with van der Waals surface area (Å²) in [6, 6.07) is 8.97. The zero-order chi connectivity index (χ0) is 16.5. The first kappa shape index (κ1) is 17.8. The number of nitrogens with one attached hydrogen (secondary N) is 2. The SMILES string of the molecule is CCOCc1ccccc1CNC(=NC)NC1CCC(C)CC1. The number of rotatable bonds is 6. The molecule has 1 aliphatic rings. The number of hydrogen-bond donors (Lipinski definition) is 2. The van der Waals surface area contributed by atoms with Crippen LogP contribution in [0.5, 0.6) is 0 Å². The Kier molecular flexibility index (Phi) is 7.40. The highest BCUT2D eigenvalue weighted by atomic mass is 16.5. The van der Waals surface area contributed by atoms with Gasteiger partial charge in [-0.05, 0) is 49.7 Å². The maximum atomic E-state index is 5.55. The van der Waals surface area contributed by atoms with Gasteiger partial charge in [0.1, 0.15) is 0 Å². The first-order valence-electron chi connectivity index (χ1n) is 8.84. The lowest BCUT2D eigenvalue weighted by atomic mass is 9.87. The summed E-state index contributed by atoms with van der Waals surface area (Å²) in [6.45, 7) is 6.55. The fourth-order valence-electron chi connectivity index (χ4n) is 3.05. The zero-order valence-corrected chi connectivity index (χ0v) is 14.8. The fourth-order valence-corrected chi connectivity index (χ4v) is 3.05. The molecule has 0 spiro atoms. The van der Waals surface area contributed by atoms with Crippen molar-refractivity contribution in [1.82, 2.24) is 10.6 Å². The molecule has 23 heavy (non-hydrogen) atoms. The van der Waals surface area contributed by atoms with Crippen molar-refractivity contribution in [1.29, 1.82) is 0 Å². The van der Waals surface area contributed by atoms with Crippen LogP contribution in [0, 0.1) is 5.92 Å². The van der Waals surface area contributed by atoms with Gasteiger partial charge in [-0.15, -0.1) is 0 Å². The molecule has 4 heteroatoms. The van der Waals surface area contributed by atoms with Crippen LogP contribution in [-0.2, 0) is 17.9 Å². The minimum Gasteiger partial charge on any atom is -0.377 e. The van der Waals surface area contributed by atoms with Crippen LogP contribution >= 0.6 is 0 Å². The van der Waals surface area contributed by atoms with E-state index in [0.29, 0.717) is 12.6 Å². The van der Waals surface area contributed by atoms with Gasteiger partial charge in [0.2, 0.25) is 0 Å². The lowest BCUT2D eigenvalue weighted by molar-refractivity contribution is 0.133. The van der Waals surface area contributed by atoms with Gasteiger partial charge in [-0.1, -0.05) is 31.2 Å². The topological polar surface area (TPSA) is 45.6 Å². The number of nitrogens with zero attached hydrogens (tertiary/aromatic N) is 1. The molecule has 0 unspecified atom stereocenters. The molecular weight excluding hydrogens is 286 g/mol. The van der Waals surface area contributed by atoms with Crippen molar-refractivity contribution < 1.29 is 4.74 Å². The van der Waals surface area contributed by atoms with Crippen LogP contribution < -0.4 is 10.6 Å². The lowest BCUT2D eigenvalue weighted by Crippen LogP contribution is -2.44. The van der Waals surface area contributed by atoms with Crippen LogP contribution in [0.3, 0.4) is 0 Å². The van der Waals surface area contributed by atoms with Crippen molar-refractivity contribution in [3.8, 4) is 0 Å². The Hall–Kier alpha value is -1.55. The highest BCUT2D eigenvalue weighted by Gasteiger charge is 2.18. The third-order valence-electron chi connectivity index (χ3n) is 4.61. The molecule has 0 amide bonds. The van der Waals surface area contributed by atoms with E-state index in [4.69, 9.17) is 4.74 Å². The van der Waals surface area contributed by atoms with E-state index < -0.39 is 0 Å². The molecule has 1 aromatic rings. The van der Waals surface area contributed by atoms with Gasteiger partial charge in [0.05, 0.1) is 6.61 Å². The summed E-state index contributed by atoms with van der Waals surface area (Å²) in [5, 5.41) is 7.01. The molecule has 1 aromatic carbocycles. The third-order valence-corrected chi connectivity index (χ3v) is 4.61. The van der Waals surface area contributed by atoms with Gasteiger partial charge < -0.3 is 15.4 Å². The third kappa shape index (κ3) is 5.87. The van der Waals surface area contributed by atoms with Crippen LogP contribution in [0.1, 0.15) is 50.7 Å². The molecule has 0 aromatic heterocycles. The van der Waals surface area contributed by atoms with E-state index in [9.17, 15) is 0 Å². The molecule has 0 bridgehead atoms. The molecule has 1 fully saturated rings. The van der Waals surface area contributed by atoms with E-state index in [1.54, 1.807) is 0 Å². The molecule has 2 rings (SSSR count). The molecule has 0 saturated heterocycles. The molecule has 1 saturated carbocycles. The largest absolute Gasteiger partial charge is 0.377 e. The van der Waals surface area contributed by atoms with Crippen molar-refractivity contribution >= 4 is 5.96 Å². The Balaban J connectivity index is 1.86. The Morgan fingerprint density at radius 3 is 2.52 bits per heavy atom. The van der Waals surface area contributed by atoms with E-state index in [0.717, 1.165) is 25.0 Å². The van der Waals surface area contributed by atoms with Gasteiger partial charge in [0.25, 0.3) is 0 Å². The van der Waals surface area contributed by atoms with Crippen molar-refractivity contribution in [2.24, 2.45) is 10.9 Å². The van der Waals surface area contributed by atoms with E-state index in [1.165, 1.54) is 36.8 Å². The first-order chi connectivity index (χ1) is 11.2. The number of aliphatic imine (C=N–C) groups is 1. The summed E-state index contributed by atoms with van der Waals surface area (Å²) in [7, 11) is 1.84. The highest BCUT2D eigenvalue weighted by Crippen LogP contribution is 2.23. The van der Waals surface area contributed by atoms with Crippen molar-refractivity contribution in [3.63, 3.8) is 0 Å². The smallest absolute Gasteiger partial charge is 0.191 e. The summed E-state index contributed by atoms with van der Waals surface area (Å²) in [5.41, 5.74) is 2.50. The summed E-state index contributed by atoms with van der Waals surface area (Å²) < 4.78 is 5.55. The molecular formula is C19H31N3O. The zero-order valence-electron chi connectivity index (χ0n) is 14.8. The van der Waals surface area contributed by atoms with Crippen LogP contribution in [0.15, 0.2) is 29.3 Å². The minimum absolute atomic E-state index is 0.552. The fraction of sp³-hybridized carbons (Fsp3) is 0.632. The van der Waals surface area contributed by atoms with Crippen LogP contribution in [0.4, 0.5) is 0 Å². The molecule has 1 aliphatic carbocycles. The monoisotopic (exact) mass is 317 g/mol. The summed E-state index contributed by atoms with van der Waals surface area (Å²) in [4.78, 5) is 4.37. The molecule has 0 atom stereocenters. The standard InChI is InChI=1S/C19H31N3O/c1-4-23-14-17-8-6-5-7-16(17)13-21-19(20-3)22-18-11-9-15(2)10-12-18/h5-8,15,18H,4,9-14H2,1-3H3,(H2,20,21,22). The predicted molar refractivity (Wildman–Crippen MR) is 96.5 cm³/mol. The van der Waals surface area contributed by atoms with Crippen LogP contribution in [0.2, 0.25) is 0 Å². The molecule has 2 N–H and O–H groups in total. The maximum Gasteiger partial charge on any atom is 0.191 e. The number of hydrogen-bond acceptors (Lipinski definition) is 2. The van der Waals surface area contributed by atoms with Crippen LogP contribution in [-0.4, -0.2) is 25.7 Å². The van der Waals surface area contributed by atoms with Crippen LogP contribution in [0.25, 0.3) is 0 Å². The second-order valence-electron chi connectivity index (χ2n) is 6.43. The molecule has 0 radical (unpaired) electrons. The Morgan fingerprint density at radius 1 is 1.17 bits per heavy atom. The van der Waals surface area contributed by atoms with Gasteiger partial charge in [-0.25, -0.2) is 0 Å². The molecule has 128 valence electrons. The molecule has 4 nitrogen and oxygen atoms in total. The van der Waals surface area contributed by atoms with Gasteiger partial charge >= 0.3 is 0 Å². The predicted octanol–water partition coefficient (Wildman–Crippen LogP) is 3.47. The highest BCUT2D eigenvalue weighted by molar-refractivity contribution is 5.80. The van der Waals surface area contributed by atoms with E-state index >= 15 is 0 Å². The second-order valence-corrected chi connectivity index (χ2v) is 6.43. The van der Waals surface area contributed by atoms with E-state index in [1.807, 2.05) is 14.0 Å². The van der Waals surface area contributed by atoms with Gasteiger partial charge in [0, 0.05) is 26.2 Å². The first-order valence-corrected chi connectivity index (χ1v) is 8.84. The lowest BCUT2D eigenvalue weighted by Gasteiger charge is -2.28. The Labute approximate surface area is 140 Å². The van der Waals surface area contributed by atoms with Crippen molar-refractivity contribution in [3.05, 3.63) is 35.4 Å². The normalized spacial score (nSPS) is 22.0. The maximum absolute atomic E-state index is 5.55. The summed E-state index contributed by atoms with van der Waals surface area (Å²) >= 11 is 0. The Morgan fingerprint density at radius 2 is 1.87 bits per heavy atom. The van der Waals surface area contributed by atoms with Gasteiger partial charge in [-0.3, -0.25) is 4.99 Å². The number of ether oxygens (including phenoxy) is 1. The molecule has 0 aliphatic heterocycles. The quantitative estimate of drug-likeness (QED) is 0.624. The van der Waals surface area contributed by atoms with E-state index in [-0.39, 0.29) is 0 Å². The Bertz CT molecular complexity index is 493. The number of benzene rings is 1. The van der Waals surface area contributed by atoms with E-state index in [2.05, 4.69) is 46.8 Å². The minimum atomic E-state index is 0.552. The average Bonchev–Trinajstić information content (AvgIpc) is 2.59. The summed E-state index contributed by atoms with van der Waals surface area (Å²) in [5.74, 6) is 1.77.